The Morgan fingerprint density at radius 1 is 1.26 bits per heavy atom. The SMILES string of the molecule is CN(C(=O)CCNC(=O)c1ccco1)c1nc2ccccc2s1. The molecule has 0 aliphatic rings. The topological polar surface area (TPSA) is 75.4 Å². The van der Waals surface area contributed by atoms with E-state index in [0.29, 0.717) is 5.13 Å². The van der Waals surface area contributed by atoms with Crippen molar-refractivity contribution in [3.8, 4) is 0 Å². The van der Waals surface area contributed by atoms with Crippen molar-refractivity contribution < 1.29 is 14.0 Å². The minimum Gasteiger partial charge on any atom is -0.459 e. The van der Waals surface area contributed by atoms with Gasteiger partial charge in [-0.25, -0.2) is 4.98 Å². The number of hydrogen-bond acceptors (Lipinski definition) is 5. The summed E-state index contributed by atoms with van der Waals surface area (Å²) in [7, 11) is 1.69. The van der Waals surface area contributed by atoms with Gasteiger partial charge in [-0.05, 0) is 24.3 Å². The maximum atomic E-state index is 12.2. The lowest BCUT2D eigenvalue weighted by Gasteiger charge is -2.13. The Bertz CT molecular complexity index is 793. The van der Waals surface area contributed by atoms with Gasteiger partial charge in [-0.1, -0.05) is 23.5 Å². The number of carbonyl (C=O) groups excluding carboxylic acids is 2. The highest BCUT2D eigenvalue weighted by Gasteiger charge is 2.16. The van der Waals surface area contributed by atoms with Crippen LogP contribution < -0.4 is 10.2 Å². The highest BCUT2D eigenvalue weighted by atomic mass is 32.1. The number of carbonyl (C=O) groups is 2. The fraction of sp³-hybridized carbons (Fsp3) is 0.188. The number of amides is 2. The molecule has 0 saturated carbocycles. The Hall–Kier alpha value is -2.67. The number of fused-ring (bicyclic) bond motifs is 1. The number of aromatic nitrogens is 1. The predicted octanol–water partition coefficient (Wildman–Crippen LogP) is 2.67. The molecule has 0 bridgehead atoms. The van der Waals surface area contributed by atoms with Gasteiger partial charge < -0.3 is 9.73 Å². The number of para-hydroxylation sites is 1. The highest BCUT2D eigenvalue weighted by Crippen LogP contribution is 2.27. The molecule has 7 heteroatoms. The van der Waals surface area contributed by atoms with Gasteiger partial charge in [0.05, 0.1) is 16.5 Å². The molecular formula is C16H15N3O3S. The van der Waals surface area contributed by atoms with Gasteiger partial charge in [-0.15, -0.1) is 0 Å². The zero-order valence-corrected chi connectivity index (χ0v) is 13.3. The van der Waals surface area contributed by atoms with Crippen LogP contribution >= 0.6 is 11.3 Å². The first kappa shape index (κ1) is 15.2. The molecular weight excluding hydrogens is 314 g/mol. The van der Waals surface area contributed by atoms with Crippen molar-refractivity contribution in [2.24, 2.45) is 0 Å². The maximum absolute atomic E-state index is 12.2. The van der Waals surface area contributed by atoms with Crippen molar-refractivity contribution in [3.63, 3.8) is 0 Å². The lowest BCUT2D eigenvalue weighted by molar-refractivity contribution is -0.118. The van der Waals surface area contributed by atoms with Gasteiger partial charge in [-0.2, -0.15) is 0 Å². The summed E-state index contributed by atoms with van der Waals surface area (Å²) < 4.78 is 6.02. The first-order chi connectivity index (χ1) is 11.1. The molecule has 0 aliphatic carbocycles. The quantitative estimate of drug-likeness (QED) is 0.781. The van der Waals surface area contributed by atoms with Crippen molar-refractivity contribution >= 4 is 38.5 Å². The summed E-state index contributed by atoms with van der Waals surface area (Å²) in [5.41, 5.74) is 0.873. The molecule has 2 heterocycles. The first-order valence-electron chi connectivity index (χ1n) is 7.09. The third kappa shape index (κ3) is 3.40. The number of furan rings is 1. The summed E-state index contributed by atoms with van der Waals surface area (Å²) >= 11 is 1.46. The summed E-state index contributed by atoms with van der Waals surface area (Å²) in [4.78, 5) is 29.9. The van der Waals surface area contributed by atoms with E-state index in [9.17, 15) is 9.59 Å². The Morgan fingerprint density at radius 3 is 2.83 bits per heavy atom. The summed E-state index contributed by atoms with van der Waals surface area (Å²) in [6, 6.07) is 11.0. The fourth-order valence-electron chi connectivity index (χ4n) is 2.06. The third-order valence-corrected chi connectivity index (χ3v) is 4.43. The summed E-state index contributed by atoms with van der Waals surface area (Å²) in [5.74, 6) is -0.203. The van der Waals surface area contributed by atoms with E-state index in [1.807, 2.05) is 24.3 Å². The third-order valence-electron chi connectivity index (χ3n) is 3.31. The van der Waals surface area contributed by atoms with Crippen molar-refractivity contribution in [2.45, 2.75) is 6.42 Å². The van der Waals surface area contributed by atoms with Crippen LogP contribution in [0.2, 0.25) is 0 Å². The average molecular weight is 329 g/mol. The van der Waals surface area contributed by atoms with Crippen molar-refractivity contribution in [1.82, 2.24) is 10.3 Å². The van der Waals surface area contributed by atoms with Crippen LogP contribution in [0.4, 0.5) is 5.13 Å². The molecule has 0 aliphatic heterocycles. The van der Waals surface area contributed by atoms with E-state index in [4.69, 9.17) is 4.42 Å². The molecule has 23 heavy (non-hydrogen) atoms. The van der Waals surface area contributed by atoms with Crippen LogP contribution in [0.15, 0.2) is 47.1 Å². The lowest BCUT2D eigenvalue weighted by Crippen LogP contribution is -2.31. The molecule has 0 saturated heterocycles. The second-order valence-electron chi connectivity index (χ2n) is 4.90. The summed E-state index contributed by atoms with van der Waals surface area (Å²) in [5, 5.41) is 3.30. The van der Waals surface area contributed by atoms with Gasteiger partial charge in [0.2, 0.25) is 5.91 Å². The van der Waals surface area contributed by atoms with E-state index >= 15 is 0 Å². The van der Waals surface area contributed by atoms with Gasteiger partial charge in [0.1, 0.15) is 0 Å². The molecule has 0 radical (unpaired) electrons. The summed E-state index contributed by atoms with van der Waals surface area (Å²) in [6.45, 7) is 0.244. The minimum atomic E-state index is -0.328. The standard InChI is InChI=1S/C16H15N3O3S/c1-19(16-18-11-5-2-3-7-13(11)23-16)14(20)8-9-17-15(21)12-6-4-10-22-12/h2-7,10H,8-9H2,1H3,(H,17,21). The van der Waals surface area contributed by atoms with E-state index < -0.39 is 0 Å². The second kappa shape index (κ2) is 6.62. The summed E-state index contributed by atoms with van der Waals surface area (Å²) in [6.07, 6.45) is 1.62. The van der Waals surface area contributed by atoms with Crippen molar-refractivity contribution in [1.29, 1.82) is 0 Å². The van der Waals surface area contributed by atoms with Crippen LogP contribution in [0.5, 0.6) is 0 Å². The number of benzene rings is 1. The lowest BCUT2D eigenvalue weighted by atomic mass is 10.3. The number of anilines is 1. The monoisotopic (exact) mass is 329 g/mol. The Balaban J connectivity index is 1.56. The normalized spacial score (nSPS) is 10.7. The van der Waals surface area contributed by atoms with Crippen molar-refractivity contribution in [3.05, 3.63) is 48.4 Å². The molecule has 0 atom stereocenters. The predicted molar refractivity (Wildman–Crippen MR) is 88.7 cm³/mol. The van der Waals surface area contributed by atoms with Crippen molar-refractivity contribution in [2.75, 3.05) is 18.5 Å². The molecule has 0 spiro atoms. The van der Waals surface area contributed by atoms with Crippen LogP contribution in [-0.4, -0.2) is 30.4 Å². The van der Waals surface area contributed by atoms with E-state index in [2.05, 4.69) is 10.3 Å². The number of thiazole rings is 1. The highest BCUT2D eigenvalue weighted by molar-refractivity contribution is 7.22. The molecule has 2 aromatic heterocycles. The zero-order chi connectivity index (χ0) is 16.2. The van der Waals surface area contributed by atoms with Gasteiger partial charge >= 0.3 is 0 Å². The Kier molecular flexibility index (Phi) is 4.38. The largest absolute Gasteiger partial charge is 0.459 e. The maximum Gasteiger partial charge on any atom is 0.286 e. The van der Waals surface area contributed by atoms with Crippen LogP contribution in [0.1, 0.15) is 17.0 Å². The van der Waals surface area contributed by atoms with E-state index in [1.54, 1.807) is 19.2 Å². The molecule has 1 N–H and O–H groups in total. The number of nitrogens with one attached hydrogen (secondary N) is 1. The second-order valence-corrected chi connectivity index (χ2v) is 5.91. The number of rotatable bonds is 5. The zero-order valence-electron chi connectivity index (χ0n) is 12.5. The molecule has 0 unspecified atom stereocenters. The molecule has 3 rings (SSSR count). The van der Waals surface area contributed by atoms with E-state index in [-0.39, 0.29) is 30.5 Å². The van der Waals surface area contributed by atoms with Gasteiger partial charge in [0.25, 0.3) is 5.91 Å². The minimum absolute atomic E-state index is 0.108. The van der Waals surface area contributed by atoms with Gasteiger partial charge in [0.15, 0.2) is 10.9 Å². The van der Waals surface area contributed by atoms with Crippen LogP contribution in [0, 0.1) is 0 Å². The molecule has 3 aromatic rings. The van der Waals surface area contributed by atoms with Gasteiger partial charge in [-0.3, -0.25) is 14.5 Å². The molecule has 2 amide bonds. The fourth-order valence-corrected chi connectivity index (χ4v) is 3.00. The first-order valence-corrected chi connectivity index (χ1v) is 7.90. The average Bonchev–Trinajstić information content (AvgIpc) is 3.22. The Labute approximate surface area is 136 Å². The smallest absolute Gasteiger partial charge is 0.286 e. The number of hydrogen-bond donors (Lipinski definition) is 1. The van der Waals surface area contributed by atoms with E-state index in [1.165, 1.54) is 22.5 Å². The number of nitrogens with zero attached hydrogens (tertiary/aromatic N) is 2. The molecule has 0 fully saturated rings. The molecule has 118 valence electrons. The molecule has 1 aromatic carbocycles. The van der Waals surface area contributed by atoms with E-state index in [0.717, 1.165) is 10.2 Å². The molecule has 6 nitrogen and oxygen atoms in total. The Morgan fingerprint density at radius 2 is 2.09 bits per heavy atom. The van der Waals surface area contributed by atoms with Crippen LogP contribution in [0.3, 0.4) is 0 Å². The van der Waals surface area contributed by atoms with Gasteiger partial charge in [0, 0.05) is 20.0 Å². The van der Waals surface area contributed by atoms with Crippen LogP contribution in [0.25, 0.3) is 10.2 Å². The van der Waals surface area contributed by atoms with Crippen LogP contribution in [-0.2, 0) is 4.79 Å².